The van der Waals surface area contributed by atoms with E-state index in [1.807, 2.05) is 0 Å². The smallest absolute Gasteiger partial charge is 0.270 e. The Morgan fingerprint density at radius 1 is 1.33 bits per heavy atom. The van der Waals surface area contributed by atoms with Gasteiger partial charge in [-0.1, -0.05) is 23.2 Å². The molecule has 0 bridgehead atoms. The normalized spacial score (nSPS) is 10.2. The van der Waals surface area contributed by atoms with Gasteiger partial charge < -0.3 is 5.32 Å². The van der Waals surface area contributed by atoms with E-state index in [2.05, 4.69) is 26.2 Å². The van der Waals surface area contributed by atoms with Crippen LogP contribution in [0.3, 0.4) is 0 Å². The Balaban J connectivity index is 2.24. The molecule has 2 rings (SSSR count). The highest BCUT2D eigenvalue weighted by molar-refractivity contribution is 9.10. The van der Waals surface area contributed by atoms with E-state index in [-0.39, 0.29) is 21.4 Å². The van der Waals surface area contributed by atoms with Crippen LogP contribution in [0.4, 0.5) is 11.4 Å². The molecule has 108 valence electrons. The summed E-state index contributed by atoms with van der Waals surface area (Å²) in [7, 11) is 0. The lowest BCUT2D eigenvalue weighted by atomic mass is 10.2. The number of nitro groups is 1. The molecule has 0 unspecified atom stereocenters. The van der Waals surface area contributed by atoms with E-state index in [4.69, 9.17) is 23.2 Å². The summed E-state index contributed by atoms with van der Waals surface area (Å²) >= 11 is 14.8. The van der Waals surface area contributed by atoms with Crippen LogP contribution >= 0.6 is 39.1 Å². The standard InChI is InChI=1S/C12H6BrCl2N3O3/c13-9-3-6(5-16-11(9)15)17-12(19)8-2-1-7(18(20)21)4-10(8)14/h1-5H,(H,17,19). The number of nitro benzene ring substituents is 1. The maximum absolute atomic E-state index is 12.1. The molecule has 0 spiro atoms. The Kier molecular flexibility index (Phi) is 4.76. The minimum Gasteiger partial charge on any atom is -0.321 e. The third kappa shape index (κ3) is 3.69. The summed E-state index contributed by atoms with van der Waals surface area (Å²) in [4.78, 5) is 26.0. The van der Waals surface area contributed by atoms with Crippen LogP contribution in [-0.4, -0.2) is 15.8 Å². The predicted octanol–water partition coefficient (Wildman–Crippen LogP) is 4.31. The van der Waals surface area contributed by atoms with E-state index in [1.165, 1.54) is 18.3 Å². The van der Waals surface area contributed by atoms with Gasteiger partial charge in [0, 0.05) is 12.1 Å². The van der Waals surface area contributed by atoms with Gasteiger partial charge in [-0.15, -0.1) is 0 Å². The number of non-ortho nitro benzene ring substituents is 1. The molecule has 0 radical (unpaired) electrons. The van der Waals surface area contributed by atoms with Crippen LogP contribution in [0.2, 0.25) is 10.2 Å². The second-order valence-electron chi connectivity index (χ2n) is 3.87. The number of pyridine rings is 1. The van der Waals surface area contributed by atoms with Crippen molar-refractivity contribution in [2.45, 2.75) is 0 Å². The Bertz CT molecular complexity index is 740. The Labute approximate surface area is 137 Å². The molecule has 0 fully saturated rings. The molecule has 0 atom stereocenters. The second kappa shape index (κ2) is 6.38. The Morgan fingerprint density at radius 2 is 2.05 bits per heavy atom. The van der Waals surface area contributed by atoms with E-state index in [9.17, 15) is 14.9 Å². The number of anilines is 1. The van der Waals surface area contributed by atoms with Gasteiger partial charge in [-0.2, -0.15) is 0 Å². The highest BCUT2D eigenvalue weighted by atomic mass is 79.9. The summed E-state index contributed by atoms with van der Waals surface area (Å²) in [6, 6.07) is 5.18. The lowest BCUT2D eigenvalue weighted by molar-refractivity contribution is -0.384. The fraction of sp³-hybridized carbons (Fsp3) is 0. The number of benzene rings is 1. The molecule has 0 aliphatic heterocycles. The topological polar surface area (TPSA) is 85.1 Å². The Morgan fingerprint density at radius 3 is 2.62 bits per heavy atom. The van der Waals surface area contributed by atoms with E-state index in [1.54, 1.807) is 6.07 Å². The van der Waals surface area contributed by atoms with Crippen LogP contribution in [0.5, 0.6) is 0 Å². The fourth-order valence-electron chi connectivity index (χ4n) is 1.49. The van der Waals surface area contributed by atoms with Crippen molar-refractivity contribution in [2.24, 2.45) is 0 Å². The van der Waals surface area contributed by atoms with Gasteiger partial charge in [-0.25, -0.2) is 4.98 Å². The zero-order chi connectivity index (χ0) is 15.6. The average molecular weight is 391 g/mol. The summed E-state index contributed by atoms with van der Waals surface area (Å²) in [5.74, 6) is -0.508. The van der Waals surface area contributed by atoms with Gasteiger partial charge in [0.15, 0.2) is 0 Å². The van der Waals surface area contributed by atoms with Crippen LogP contribution in [0.25, 0.3) is 0 Å². The van der Waals surface area contributed by atoms with Crippen LogP contribution in [0, 0.1) is 10.1 Å². The molecule has 1 heterocycles. The van der Waals surface area contributed by atoms with E-state index in [0.29, 0.717) is 10.2 Å². The van der Waals surface area contributed by atoms with Crippen LogP contribution in [0.15, 0.2) is 34.9 Å². The van der Waals surface area contributed by atoms with Crippen molar-refractivity contribution < 1.29 is 9.72 Å². The maximum atomic E-state index is 12.1. The first-order chi connectivity index (χ1) is 9.88. The number of hydrogen-bond acceptors (Lipinski definition) is 4. The zero-order valence-electron chi connectivity index (χ0n) is 10.1. The number of aromatic nitrogens is 1. The molecule has 2 aromatic rings. The molecule has 1 N–H and O–H groups in total. The van der Waals surface area contributed by atoms with Crippen molar-refractivity contribution in [1.29, 1.82) is 0 Å². The number of halogens is 3. The lowest BCUT2D eigenvalue weighted by Gasteiger charge is -2.07. The summed E-state index contributed by atoms with van der Waals surface area (Å²) in [6.45, 7) is 0. The number of rotatable bonds is 3. The minimum absolute atomic E-state index is 0.0114. The third-order valence-electron chi connectivity index (χ3n) is 2.46. The molecule has 1 aromatic heterocycles. The number of carbonyl (C=O) groups excluding carboxylic acids is 1. The minimum atomic E-state index is -0.589. The van der Waals surface area contributed by atoms with Crippen molar-refractivity contribution >= 4 is 56.4 Å². The monoisotopic (exact) mass is 389 g/mol. The van der Waals surface area contributed by atoms with Gasteiger partial charge in [0.25, 0.3) is 11.6 Å². The molecule has 21 heavy (non-hydrogen) atoms. The highest BCUT2D eigenvalue weighted by Gasteiger charge is 2.15. The first kappa shape index (κ1) is 15.7. The Hall–Kier alpha value is -1.70. The summed E-state index contributed by atoms with van der Waals surface area (Å²) in [6.07, 6.45) is 1.38. The first-order valence-electron chi connectivity index (χ1n) is 5.45. The predicted molar refractivity (Wildman–Crippen MR) is 83.0 cm³/mol. The van der Waals surface area contributed by atoms with Crippen molar-refractivity contribution in [1.82, 2.24) is 4.98 Å². The third-order valence-corrected chi connectivity index (χ3v) is 3.91. The molecular weight excluding hydrogens is 385 g/mol. The molecule has 0 saturated heterocycles. The molecule has 6 nitrogen and oxygen atoms in total. The van der Waals surface area contributed by atoms with Gasteiger partial charge in [-0.05, 0) is 28.1 Å². The molecule has 0 aliphatic rings. The van der Waals surface area contributed by atoms with Gasteiger partial charge in [0.2, 0.25) is 0 Å². The molecule has 0 aliphatic carbocycles. The zero-order valence-corrected chi connectivity index (χ0v) is 13.2. The van der Waals surface area contributed by atoms with Gasteiger partial charge in [0.05, 0.1) is 31.9 Å². The molecular formula is C12H6BrCl2N3O3. The van der Waals surface area contributed by atoms with E-state index in [0.717, 1.165) is 6.07 Å². The quantitative estimate of drug-likeness (QED) is 0.480. The molecule has 9 heteroatoms. The van der Waals surface area contributed by atoms with Crippen LogP contribution in [0.1, 0.15) is 10.4 Å². The highest BCUT2D eigenvalue weighted by Crippen LogP contribution is 2.25. The summed E-state index contributed by atoms with van der Waals surface area (Å²) in [5, 5.41) is 13.4. The van der Waals surface area contributed by atoms with E-state index < -0.39 is 10.8 Å². The molecule has 1 amide bonds. The number of nitrogens with one attached hydrogen (secondary N) is 1. The van der Waals surface area contributed by atoms with Crippen LogP contribution < -0.4 is 5.32 Å². The van der Waals surface area contributed by atoms with Crippen molar-refractivity contribution in [3.8, 4) is 0 Å². The second-order valence-corrected chi connectivity index (χ2v) is 5.49. The van der Waals surface area contributed by atoms with Crippen LogP contribution in [-0.2, 0) is 0 Å². The van der Waals surface area contributed by atoms with E-state index >= 15 is 0 Å². The molecule has 0 saturated carbocycles. The number of carbonyl (C=O) groups is 1. The number of hydrogen-bond donors (Lipinski definition) is 1. The first-order valence-corrected chi connectivity index (χ1v) is 6.99. The number of nitrogens with zero attached hydrogens (tertiary/aromatic N) is 2. The van der Waals surface area contributed by atoms with Gasteiger partial charge in [0.1, 0.15) is 5.15 Å². The van der Waals surface area contributed by atoms with Crippen molar-refractivity contribution in [3.05, 3.63) is 60.8 Å². The van der Waals surface area contributed by atoms with Crippen molar-refractivity contribution in [2.75, 3.05) is 5.32 Å². The summed E-state index contributed by atoms with van der Waals surface area (Å²) in [5.41, 5.74) is 0.339. The number of amides is 1. The molecule has 1 aromatic carbocycles. The van der Waals surface area contributed by atoms with Gasteiger partial charge >= 0.3 is 0 Å². The maximum Gasteiger partial charge on any atom is 0.270 e. The SMILES string of the molecule is O=C(Nc1cnc(Cl)c(Br)c1)c1ccc([N+](=O)[O-])cc1Cl. The summed E-state index contributed by atoms with van der Waals surface area (Å²) < 4.78 is 0.525. The largest absolute Gasteiger partial charge is 0.321 e. The van der Waals surface area contributed by atoms with Crippen molar-refractivity contribution in [3.63, 3.8) is 0 Å². The average Bonchev–Trinajstić information content (AvgIpc) is 2.42. The van der Waals surface area contributed by atoms with Gasteiger partial charge in [-0.3, -0.25) is 14.9 Å². The lowest BCUT2D eigenvalue weighted by Crippen LogP contribution is -2.12. The fourth-order valence-corrected chi connectivity index (χ4v) is 2.20.